The third-order valence-electron chi connectivity index (χ3n) is 0.852. The Morgan fingerprint density at radius 3 is 2.60 bits per heavy atom. The Kier molecular flexibility index (Phi) is 5.61. The van der Waals surface area contributed by atoms with E-state index in [0.29, 0.717) is 12.3 Å². The van der Waals surface area contributed by atoms with Crippen molar-refractivity contribution in [2.75, 3.05) is 7.11 Å². The van der Waals surface area contributed by atoms with Gasteiger partial charge in [-0.2, -0.15) is 0 Å². The first-order valence-corrected chi connectivity index (χ1v) is 3.38. The van der Waals surface area contributed by atoms with Gasteiger partial charge < -0.3 is 0 Å². The third-order valence-corrected chi connectivity index (χ3v) is 1.41. The van der Waals surface area contributed by atoms with Crippen molar-refractivity contribution < 1.29 is 18.2 Å². The highest BCUT2D eigenvalue weighted by Crippen LogP contribution is 2.08. The van der Waals surface area contributed by atoms with Gasteiger partial charge in [-0.25, -0.2) is 4.89 Å². The van der Waals surface area contributed by atoms with Crippen LogP contribution in [-0.4, -0.2) is 19.0 Å². The van der Waals surface area contributed by atoms with Crippen molar-refractivity contribution in [2.45, 2.75) is 20.0 Å². The SMILES string of the molecule is COOSOC(C)C(C)=O. The molecule has 1 unspecified atom stereocenters. The van der Waals surface area contributed by atoms with Crippen LogP contribution < -0.4 is 0 Å². The van der Waals surface area contributed by atoms with Crippen LogP contribution in [0.15, 0.2) is 0 Å². The molecule has 0 heterocycles. The second-order valence-electron chi connectivity index (χ2n) is 1.65. The Balaban J connectivity index is 3.21. The van der Waals surface area contributed by atoms with Crippen molar-refractivity contribution in [1.82, 2.24) is 0 Å². The van der Waals surface area contributed by atoms with Crippen LogP contribution in [0.2, 0.25) is 0 Å². The van der Waals surface area contributed by atoms with Gasteiger partial charge in [0.05, 0.1) is 7.11 Å². The standard InChI is InChI=1S/C5H10O4S/c1-4(6)5(2)8-10-9-7-3/h5H,1-3H3. The highest BCUT2D eigenvalue weighted by molar-refractivity contribution is 7.89. The van der Waals surface area contributed by atoms with Gasteiger partial charge in [-0.05, 0) is 13.8 Å². The molecule has 0 aromatic heterocycles. The minimum absolute atomic E-state index is 0.0489. The minimum Gasteiger partial charge on any atom is -0.297 e. The number of Topliss-reactive ketones (excluding diaryl/α,β-unsaturated/α-hetero) is 1. The second-order valence-corrected chi connectivity index (χ2v) is 2.12. The lowest BCUT2D eigenvalue weighted by Crippen LogP contribution is -2.13. The molecule has 5 heteroatoms. The van der Waals surface area contributed by atoms with Crippen molar-refractivity contribution >= 4 is 18.1 Å². The molecule has 0 aliphatic rings. The molecule has 0 saturated heterocycles. The van der Waals surface area contributed by atoms with E-state index >= 15 is 0 Å². The van der Waals surface area contributed by atoms with Crippen LogP contribution in [0.4, 0.5) is 0 Å². The summed E-state index contributed by atoms with van der Waals surface area (Å²) in [7, 11) is 1.36. The van der Waals surface area contributed by atoms with E-state index in [4.69, 9.17) is 4.18 Å². The maximum absolute atomic E-state index is 10.5. The van der Waals surface area contributed by atoms with E-state index in [2.05, 4.69) is 9.22 Å². The zero-order chi connectivity index (χ0) is 7.98. The first kappa shape index (κ1) is 9.90. The summed E-state index contributed by atoms with van der Waals surface area (Å²) >= 11 is 0.647. The van der Waals surface area contributed by atoms with E-state index in [9.17, 15) is 4.79 Å². The van der Waals surface area contributed by atoms with Gasteiger partial charge in [-0.15, -0.1) is 4.33 Å². The topological polar surface area (TPSA) is 44.8 Å². The molecular formula is C5H10O4S. The summed E-state index contributed by atoms with van der Waals surface area (Å²) in [5.74, 6) is -0.0489. The van der Waals surface area contributed by atoms with Gasteiger partial charge in [0.1, 0.15) is 6.10 Å². The smallest absolute Gasteiger partial charge is 0.195 e. The summed E-state index contributed by atoms with van der Waals surface area (Å²) in [6, 6.07) is 0. The highest BCUT2D eigenvalue weighted by Gasteiger charge is 2.07. The summed E-state index contributed by atoms with van der Waals surface area (Å²) in [6.07, 6.45) is -0.458. The molecule has 0 rings (SSSR count). The number of hydrogen-bond acceptors (Lipinski definition) is 5. The number of hydrogen-bond donors (Lipinski definition) is 0. The molecular weight excluding hydrogens is 156 g/mol. The quantitative estimate of drug-likeness (QED) is 0.265. The van der Waals surface area contributed by atoms with Crippen molar-refractivity contribution in [3.8, 4) is 0 Å². The van der Waals surface area contributed by atoms with Crippen LogP contribution in [0.25, 0.3) is 0 Å². The maximum atomic E-state index is 10.5. The van der Waals surface area contributed by atoms with Gasteiger partial charge in [0.25, 0.3) is 0 Å². The molecule has 0 amide bonds. The van der Waals surface area contributed by atoms with Crippen LogP contribution in [0, 0.1) is 0 Å². The predicted molar refractivity (Wildman–Crippen MR) is 36.9 cm³/mol. The highest BCUT2D eigenvalue weighted by atomic mass is 32.2. The fourth-order valence-electron chi connectivity index (χ4n) is 0.170. The molecule has 1 atom stereocenters. The summed E-state index contributed by atoms with van der Waals surface area (Å²) in [5.41, 5.74) is 0. The first-order valence-electron chi connectivity index (χ1n) is 2.71. The van der Waals surface area contributed by atoms with Crippen LogP contribution in [-0.2, 0) is 18.2 Å². The predicted octanol–water partition coefficient (Wildman–Crippen LogP) is 1.12. The van der Waals surface area contributed by atoms with E-state index in [1.807, 2.05) is 0 Å². The van der Waals surface area contributed by atoms with Crippen LogP contribution in [0.1, 0.15) is 13.8 Å². The second kappa shape index (κ2) is 5.67. The Morgan fingerprint density at radius 1 is 1.60 bits per heavy atom. The summed E-state index contributed by atoms with van der Waals surface area (Å²) in [5, 5.41) is 0. The van der Waals surface area contributed by atoms with E-state index in [1.54, 1.807) is 6.92 Å². The fourth-order valence-corrected chi connectivity index (χ4v) is 0.511. The normalized spacial score (nSPS) is 13.1. The fraction of sp³-hybridized carbons (Fsp3) is 0.800. The molecule has 0 radical (unpaired) electrons. The Labute approximate surface area is 64.2 Å². The van der Waals surface area contributed by atoms with E-state index in [0.717, 1.165) is 0 Å². The molecule has 4 nitrogen and oxygen atoms in total. The molecule has 0 aliphatic carbocycles. The molecule has 0 saturated carbocycles. The summed E-state index contributed by atoms with van der Waals surface area (Å²) in [6.45, 7) is 3.08. The molecule has 0 bridgehead atoms. The van der Waals surface area contributed by atoms with E-state index in [-0.39, 0.29) is 5.78 Å². The molecule has 0 aromatic rings. The average Bonchev–Trinajstić information content (AvgIpc) is 1.88. The molecule has 0 aromatic carbocycles. The lowest BCUT2D eigenvalue weighted by molar-refractivity contribution is -0.168. The van der Waals surface area contributed by atoms with Crippen LogP contribution in [0.5, 0.6) is 0 Å². The largest absolute Gasteiger partial charge is 0.297 e. The zero-order valence-corrected chi connectivity index (χ0v) is 6.94. The van der Waals surface area contributed by atoms with Gasteiger partial charge in [-0.1, -0.05) is 0 Å². The number of ketones is 1. The van der Waals surface area contributed by atoms with Crippen molar-refractivity contribution in [3.05, 3.63) is 0 Å². The molecule has 0 aliphatic heterocycles. The number of carbonyl (C=O) groups excluding carboxylic acids is 1. The third kappa shape index (κ3) is 4.75. The first-order chi connectivity index (χ1) is 4.68. The van der Waals surface area contributed by atoms with Crippen LogP contribution >= 0.6 is 12.3 Å². The van der Waals surface area contributed by atoms with Gasteiger partial charge in [0.2, 0.25) is 0 Å². The van der Waals surface area contributed by atoms with Crippen molar-refractivity contribution in [3.63, 3.8) is 0 Å². The van der Waals surface area contributed by atoms with Gasteiger partial charge >= 0.3 is 0 Å². The molecule has 10 heavy (non-hydrogen) atoms. The molecule has 60 valence electrons. The lowest BCUT2D eigenvalue weighted by Gasteiger charge is -2.04. The van der Waals surface area contributed by atoms with E-state index in [1.165, 1.54) is 14.0 Å². The Bertz CT molecular complexity index is 106. The van der Waals surface area contributed by atoms with Gasteiger partial charge in [0, 0.05) is 0 Å². The van der Waals surface area contributed by atoms with Crippen molar-refractivity contribution in [2.24, 2.45) is 0 Å². The average molecular weight is 166 g/mol. The zero-order valence-electron chi connectivity index (χ0n) is 6.12. The number of carbonyl (C=O) groups is 1. The molecule has 0 spiro atoms. The van der Waals surface area contributed by atoms with Gasteiger partial charge in [-0.3, -0.25) is 8.98 Å². The summed E-state index contributed by atoms with van der Waals surface area (Å²) < 4.78 is 9.06. The lowest BCUT2D eigenvalue weighted by atomic mass is 10.3. The Morgan fingerprint density at radius 2 is 2.20 bits per heavy atom. The maximum Gasteiger partial charge on any atom is 0.195 e. The molecule has 0 fully saturated rings. The van der Waals surface area contributed by atoms with Crippen LogP contribution in [0.3, 0.4) is 0 Å². The monoisotopic (exact) mass is 166 g/mol. The van der Waals surface area contributed by atoms with E-state index < -0.39 is 6.10 Å². The molecule has 0 N–H and O–H groups in total. The minimum atomic E-state index is -0.458. The Hall–Kier alpha value is -0.100. The number of rotatable bonds is 5. The van der Waals surface area contributed by atoms with Gasteiger partial charge in [0.15, 0.2) is 18.1 Å². The summed E-state index contributed by atoms with van der Waals surface area (Å²) in [4.78, 5) is 14.7. The van der Waals surface area contributed by atoms with Crippen molar-refractivity contribution in [1.29, 1.82) is 0 Å².